The van der Waals surface area contributed by atoms with E-state index < -0.39 is 24.7 Å². The van der Waals surface area contributed by atoms with Crippen molar-refractivity contribution in [2.24, 2.45) is 22.9 Å². The molecule has 0 aromatic carbocycles. The van der Waals surface area contributed by atoms with Gasteiger partial charge in [0.1, 0.15) is 0 Å². The minimum absolute atomic E-state index is 0.0361. The first-order chi connectivity index (χ1) is 11.8. The molecule has 4 unspecified atom stereocenters. The van der Waals surface area contributed by atoms with Crippen molar-refractivity contribution < 1.29 is 24.1 Å². The minimum atomic E-state index is -0.583. The molecule has 144 valence electrons. The highest BCUT2D eigenvalue weighted by Crippen LogP contribution is 2.37. The molecule has 0 spiro atoms. The van der Waals surface area contributed by atoms with E-state index in [1.54, 1.807) is 7.11 Å². The first-order valence-electron chi connectivity index (χ1n) is 9.07. The molecule has 25 heavy (non-hydrogen) atoms. The van der Waals surface area contributed by atoms with Crippen molar-refractivity contribution in [1.29, 1.82) is 0 Å². The zero-order valence-electron chi connectivity index (χ0n) is 15.9. The average molecular weight is 357 g/mol. The van der Waals surface area contributed by atoms with Crippen LogP contribution in [0.3, 0.4) is 0 Å². The van der Waals surface area contributed by atoms with Gasteiger partial charge >= 0.3 is 0 Å². The largest absolute Gasteiger partial charge is 0.390 e. The van der Waals surface area contributed by atoms with Crippen LogP contribution in [0.4, 0.5) is 0 Å². The topological polar surface area (TPSA) is 106 Å². The minimum Gasteiger partial charge on any atom is -0.390 e. The van der Waals surface area contributed by atoms with E-state index in [2.05, 4.69) is 10.0 Å². The summed E-state index contributed by atoms with van der Waals surface area (Å²) in [5.74, 6) is 0.00933. The first kappa shape index (κ1) is 20.4. The zero-order valence-corrected chi connectivity index (χ0v) is 15.9. The van der Waals surface area contributed by atoms with Gasteiger partial charge < -0.3 is 24.1 Å². The lowest BCUT2D eigenvalue weighted by atomic mass is 9.84. The molecule has 0 aromatic rings. The molecule has 1 N–H and O–H groups in total. The molecular formula is C17H31N3O5. The number of azide groups is 1. The summed E-state index contributed by atoms with van der Waals surface area (Å²) in [5.41, 5.74) is 8.87. The second kappa shape index (κ2) is 8.66. The van der Waals surface area contributed by atoms with Gasteiger partial charge in [-0.15, -0.1) is 0 Å². The summed E-state index contributed by atoms with van der Waals surface area (Å²) in [6, 6.07) is -0.470. The lowest BCUT2D eigenvalue weighted by Gasteiger charge is -2.47. The maximum absolute atomic E-state index is 10.2. The summed E-state index contributed by atoms with van der Waals surface area (Å²) in [5, 5.41) is 14.1. The highest BCUT2D eigenvalue weighted by molar-refractivity contribution is 4.93. The SMILES string of the molecule is CCC1O[C@@H](OC)C(N=[N+]=[N-])[C@@H](C)[C@H]1O[C@@H]1OC(C)[C@H](O)[C@H](C)C1C. The van der Waals surface area contributed by atoms with E-state index in [0.29, 0.717) is 0 Å². The third kappa shape index (κ3) is 4.10. The summed E-state index contributed by atoms with van der Waals surface area (Å²) in [6.45, 7) is 9.88. The Morgan fingerprint density at radius 3 is 2.32 bits per heavy atom. The fourth-order valence-corrected chi connectivity index (χ4v) is 3.78. The van der Waals surface area contributed by atoms with Crippen LogP contribution in [0.15, 0.2) is 5.11 Å². The second-order valence-corrected chi connectivity index (χ2v) is 7.26. The molecule has 2 rings (SSSR count). The van der Waals surface area contributed by atoms with Crippen molar-refractivity contribution >= 4 is 0 Å². The molecule has 8 heteroatoms. The summed E-state index contributed by atoms with van der Waals surface area (Å²) in [6.07, 6.45) is -1.55. The van der Waals surface area contributed by atoms with Crippen molar-refractivity contribution in [3.05, 3.63) is 10.4 Å². The molecule has 2 heterocycles. The molecule has 0 amide bonds. The number of ether oxygens (including phenoxy) is 4. The molecule has 0 radical (unpaired) electrons. The van der Waals surface area contributed by atoms with Gasteiger partial charge in [-0.2, -0.15) is 0 Å². The summed E-state index contributed by atoms with van der Waals surface area (Å²) < 4.78 is 23.6. The van der Waals surface area contributed by atoms with E-state index in [9.17, 15) is 5.11 Å². The normalized spacial score (nSPS) is 48.0. The van der Waals surface area contributed by atoms with Crippen LogP contribution in [-0.2, 0) is 18.9 Å². The summed E-state index contributed by atoms with van der Waals surface area (Å²) in [4.78, 5) is 2.93. The third-order valence-electron chi connectivity index (χ3n) is 5.75. The fraction of sp³-hybridized carbons (Fsp3) is 1.00. The van der Waals surface area contributed by atoms with Crippen LogP contribution >= 0.6 is 0 Å². The predicted molar refractivity (Wildman–Crippen MR) is 91.6 cm³/mol. The van der Waals surface area contributed by atoms with Gasteiger partial charge in [0.15, 0.2) is 12.6 Å². The van der Waals surface area contributed by atoms with Gasteiger partial charge in [0, 0.05) is 17.9 Å². The molecule has 10 atom stereocenters. The Kier molecular flexibility index (Phi) is 7.08. The van der Waals surface area contributed by atoms with Crippen LogP contribution in [0.25, 0.3) is 10.4 Å². The van der Waals surface area contributed by atoms with E-state index in [-0.39, 0.29) is 36.1 Å². The predicted octanol–water partition coefficient (Wildman–Crippen LogP) is 2.85. The van der Waals surface area contributed by atoms with Crippen LogP contribution in [0.1, 0.15) is 41.0 Å². The molecule has 0 bridgehead atoms. The summed E-state index contributed by atoms with van der Waals surface area (Å²) >= 11 is 0. The number of nitrogens with zero attached hydrogens (tertiary/aromatic N) is 3. The number of hydrogen-bond donors (Lipinski definition) is 1. The lowest BCUT2D eigenvalue weighted by molar-refractivity contribution is -0.316. The van der Waals surface area contributed by atoms with Gasteiger partial charge in [0.25, 0.3) is 0 Å². The number of rotatable bonds is 5. The van der Waals surface area contributed by atoms with E-state index in [0.717, 1.165) is 6.42 Å². The standard InChI is InChI=1S/C17H31N3O5/c1-7-12-15(10(4)13(19-20-18)17(22-6)24-12)25-16-9(3)8(2)14(21)11(5)23-16/h8-17,21H,7H2,1-6H3/t8-,9?,10-,11?,12?,13?,14-,15-,16+,17-/m1/s1. The Morgan fingerprint density at radius 2 is 1.76 bits per heavy atom. The van der Waals surface area contributed by atoms with Gasteiger partial charge in [-0.05, 0) is 30.7 Å². The Bertz CT molecular complexity index is 487. The highest BCUT2D eigenvalue weighted by atomic mass is 16.7. The van der Waals surface area contributed by atoms with E-state index in [4.69, 9.17) is 24.5 Å². The lowest BCUT2D eigenvalue weighted by Crippen LogP contribution is -2.57. The van der Waals surface area contributed by atoms with Crippen molar-refractivity contribution in [2.45, 2.75) is 84.1 Å². The monoisotopic (exact) mass is 357 g/mol. The number of methoxy groups -OCH3 is 1. The molecule has 0 aromatic heterocycles. The van der Waals surface area contributed by atoms with Crippen molar-refractivity contribution in [1.82, 2.24) is 0 Å². The second-order valence-electron chi connectivity index (χ2n) is 7.26. The van der Waals surface area contributed by atoms with Crippen LogP contribution in [0.5, 0.6) is 0 Å². The van der Waals surface area contributed by atoms with E-state index >= 15 is 0 Å². The number of aliphatic hydroxyl groups excluding tert-OH is 1. The van der Waals surface area contributed by atoms with Crippen molar-refractivity contribution in [3.8, 4) is 0 Å². The number of hydrogen-bond acceptors (Lipinski definition) is 6. The van der Waals surface area contributed by atoms with Gasteiger partial charge in [-0.1, -0.05) is 32.8 Å². The van der Waals surface area contributed by atoms with Gasteiger partial charge in [0.05, 0.1) is 30.5 Å². The molecule has 2 aliphatic heterocycles. The third-order valence-corrected chi connectivity index (χ3v) is 5.75. The molecule has 2 aliphatic rings. The number of aliphatic hydroxyl groups is 1. The quantitative estimate of drug-likeness (QED) is 0.462. The van der Waals surface area contributed by atoms with Crippen LogP contribution < -0.4 is 0 Å². The molecule has 2 saturated heterocycles. The van der Waals surface area contributed by atoms with E-state index in [1.807, 2.05) is 34.6 Å². The average Bonchev–Trinajstić information content (AvgIpc) is 2.61. The Labute approximate surface area is 149 Å². The van der Waals surface area contributed by atoms with E-state index in [1.165, 1.54) is 0 Å². The maximum atomic E-state index is 10.2. The fourth-order valence-electron chi connectivity index (χ4n) is 3.78. The van der Waals surface area contributed by atoms with Crippen LogP contribution in [-0.4, -0.2) is 55.3 Å². The maximum Gasteiger partial charge on any atom is 0.166 e. The highest BCUT2D eigenvalue weighted by Gasteiger charge is 2.47. The Balaban J connectivity index is 2.19. The Hall–Kier alpha value is -0.890. The van der Waals surface area contributed by atoms with Crippen molar-refractivity contribution in [2.75, 3.05) is 7.11 Å². The first-order valence-corrected chi connectivity index (χ1v) is 9.07. The Morgan fingerprint density at radius 1 is 1.08 bits per heavy atom. The van der Waals surface area contributed by atoms with Crippen LogP contribution in [0, 0.1) is 17.8 Å². The van der Waals surface area contributed by atoms with Crippen LogP contribution in [0.2, 0.25) is 0 Å². The molecule has 8 nitrogen and oxygen atoms in total. The van der Waals surface area contributed by atoms with Crippen molar-refractivity contribution in [3.63, 3.8) is 0 Å². The zero-order chi connectivity index (χ0) is 18.7. The molecular weight excluding hydrogens is 326 g/mol. The van der Waals surface area contributed by atoms with Gasteiger partial charge in [0.2, 0.25) is 0 Å². The van der Waals surface area contributed by atoms with Gasteiger partial charge in [-0.3, -0.25) is 0 Å². The molecule has 0 saturated carbocycles. The summed E-state index contributed by atoms with van der Waals surface area (Å²) in [7, 11) is 1.54. The van der Waals surface area contributed by atoms with Gasteiger partial charge in [-0.25, -0.2) is 0 Å². The molecule has 0 aliphatic carbocycles. The smallest absolute Gasteiger partial charge is 0.166 e. The molecule has 2 fully saturated rings.